The molecule has 12 nitrogen and oxygen atoms in total. The highest BCUT2D eigenvalue weighted by Gasteiger charge is 2.74. The van der Waals surface area contributed by atoms with E-state index in [1.807, 2.05) is 14.0 Å². The fourth-order valence-corrected chi connectivity index (χ4v) is 14.8. The molecule has 1 saturated heterocycles. The maximum absolute atomic E-state index is 13.7. The molecule has 0 spiro atoms. The van der Waals surface area contributed by atoms with Crippen LogP contribution in [0.2, 0.25) is 0 Å². The van der Waals surface area contributed by atoms with E-state index in [4.69, 9.17) is 14.2 Å². The number of allylic oxidation sites excluding steroid dienone is 2. The maximum Gasteiger partial charge on any atom is 0.312 e. The van der Waals surface area contributed by atoms with Crippen LogP contribution in [-0.2, 0) is 32.2 Å². The van der Waals surface area contributed by atoms with E-state index in [2.05, 4.69) is 70.3 Å². The molecule has 4 saturated carbocycles. The minimum atomic E-state index is -1.50. The first kappa shape index (κ1) is 47.0. The average Bonchev–Trinajstić information content (AvgIpc) is 3.22. The lowest BCUT2D eigenvalue weighted by atomic mass is 9.31. The third-order valence-electron chi connectivity index (χ3n) is 18.4. The average molecular weight is 856 g/mol. The molecule has 12 heteroatoms. The van der Waals surface area contributed by atoms with Crippen molar-refractivity contribution in [1.29, 1.82) is 0 Å². The highest BCUT2D eigenvalue weighted by Crippen LogP contribution is 2.77. The lowest BCUT2D eigenvalue weighted by Gasteiger charge is -2.73. The summed E-state index contributed by atoms with van der Waals surface area (Å²) in [6, 6.07) is 8.27. The SMILES string of the molecule is CCCCCC1CC2(C(=O)O)C(O)CC(C)(CO)CC2C2=CCC3C4(C)CC(OCc5ccc(CNC)cc5)C(OC5OCC(O)C(O)C5O)C(C)(CO)C4CCC3(C)C21C. The molecule has 1 heterocycles. The van der Waals surface area contributed by atoms with E-state index in [9.17, 15) is 40.5 Å². The summed E-state index contributed by atoms with van der Waals surface area (Å²) in [7, 11) is 1.91. The van der Waals surface area contributed by atoms with Gasteiger partial charge in [0, 0.05) is 18.6 Å². The van der Waals surface area contributed by atoms with Crippen LogP contribution in [0.1, 0.15) is 123 Å². The van der Waals surface area contributed by atoms with Crippen LogP contribution in [0, 0.1) is 56.2 Å². The number of aliphatic carboxylic acids is 1. The standard InChI is InChI=1S/C49H77NO11/c1-8-9-10-11-31-20-49(43(57)58)33(21-44(2,27-51)23-38(49)54)32-16-17-37-45(3)22-35(59-25-30-14-12-29(13-15-30)24-50-7)41(61-42-40(56)39(55)34(53)26-60-42)46(4,28-52)36(45)18-19-47(37,5)48(31,32)6/h12-16,31,33-42,50-56H,8-11,17-28H2,1-7H3,(H,57,58). The van der Waals surface area contributed by atoms with Crippen molar-refractivity contribution in [2.45, 2.75) is 168 Å². The monoisotopic (exact) mass is 856 g/mol. The highest BCUT2D eigenvalue weighted by atomic mass is 16.7. The quantitative estimate of drug-likeness (QED) is 0.0681. The summed E-state index contributed by atoms with van der Waals surface area (Å²) < 4.78 is 19.6. The fraction of sp³-hybridized carbons (Fsp3) is 0.816. The van der Waals surface area contributed by atoms with Crippen LogP contribution >= 0.6 is 0 Å². The molecule has 7 rings (SSSR count). The third-order valence-corrected chi connectivity index (χ3v) is 18.4. The van der Waals surface area contributed by atoms with Gasteiger partial charge in [0.05, 0.1) is 38.1 Å². The van der Waals surface area contributed by atoms with Crippen LogP contribution in [0.3, 0.4) is 0 Å². The Morgan fingerprint density at radius 2 is 1.61 bits per heavy atom. The zero-order valence-electron chi connectivity index (χ0n) is 37.8. The minimum absolute atomic E-state index is 0.00673. The van der Waals surface area contributed by atoms with Crippen LogP contribution in [0.25, 0.3) is 0 Å². The molecule has 8 N–H and O–H groups in total. The molecule has 1 aromatic rings. The summed E-state index contributed by atoms with van der Waals surface area (Å²) in [6.45, 7) is 13.9. The summed E-state index contributed by atoms with van der Waals surface area (Å²) in [4.78, 5) is 13.7. The van der Waals surface area contributed by atoms with Gasteiger partial charge in [-0.2, -0.15) is 0 Å². The summed E-state index contributed by atoms with van der Waals surface area (Å²) in [6.07, 6.45) is 2.51. The molecule has 0 aromatic heterocycles. The second-order valence-corrected chi connectivity index (χ2v) is 21.7. The van der Waals surface area contributed by atoms with Crippen molar-refractivity contribution in [1.82, 2.24) is 5.32 Å². The Morgan fingerprint density at radius 3 is 2.25 bits per heavy atom. The van der Waals surface area contributed by atoms with E-state index in [0.717, 1.165) is 61.8 Å². The molecule has 5 aliphatic carbocycles. The van der Waals surface area contributed by atoms with E-state index in [0.29, 0.717) is 25.7 Å². The van der Waals surface area contributed by atoms with Gasteiger partial charge in [0.15, 0.2) is 6.29 Å². The van der Waals surface area contributed by atoms with Crippen molar-refractivity contribution in [2.75, 3.05) is 26.9 Å². The highest BCUT2D eigenvalue weighted by molar-refractivity contribution is 5.78. The predicted molar refractivity (Wildman–Crippen MR) is 230 cm³/mol. The molecule has 1 aromatic carbocycles. The van der Waals surface area contributed by atoms with E-state index in [1.54, 1.807) is 0 Å². The number of carbonyl (C=O) groups is 1. The smallest absolute Gasteiger partial charge is 0.312 e. The number of benzene rings is 1. The first-order valence-corrected chi connectivity index (χ1v) is 23.3. The van der Waals surface area contributed by atoms with Gasteiger partial charge in [-0.25, -0.2) is 0 Å². The molecule has 17 unspecified atom stereocenters. The van der Waals surface area contributed by atoms with Crippen LogP contribution in [0.15, 0.2) is 35.9 Å². The van der Waals surface area contributed by atoms with E-state index in [-0.39, 0.29) is 61.4 Å². The van der Waals surface area contributed by atoms with Crippen molar-refractivity contribution < 1.29 is 54.8 Å². The Morgan fingerprint density at radius 1 is 0.902 bits per heavy atom. The van der Waals surface area contributed by atoms with E-state index in [1.165, 1.54) is 0 Å². The van der Waals surface area contributed by atoms with E-state index >= 15 is 0 Å². The number of hydrogen-bond acceptors (Lipinski definition) is 11. The molecular weight excluding hydrogens is 779 g/mol. The fourth-order valence-electron chi connectivity index (χ4n) is 14.8. The number of aliphatic hydroxyl groups excluding tert-OH is 6. The summed E-state index contributed by atoms with van der Waals surface area (Å²) in [5, 5.41) is 80.8. The van der Waals surface area contributed by atoms with Crippen molar-refractivity contribution >= 4 is 5.97 Å². The first-order valence-electron chi connectivity index (χ1n) is 23.3. The van der Waals surface area contributed by atoms with Crippen LogP contribution in [0.5, 0.6) is 0 Å². The second kappa shape index (κ2) is 17.4. The number of carboxylic acid groups (broad SMARTS) is 1. The summed E-state index contributed by atoms with van der Waals surface area (Å²) in [5.41, 5.74) is -0.594. The van der Waals surface area contributed by atoms with Crippen LogP contribution < -0.4 is 5.32 Å². The number of nitrogens with one attached hydrogen (secondary N) is 1. The van der Waals surface area contributed by atoms with E-state index < -0.39 is 76.5 Å². The van der Waals surface area contributed by atoms with Crippen molar-refractivity contribution in [2.24, 2.45) is 56.2 Å². The van der Waals surface area contributed by atoms with Gasteiger partial charge in [0.25, 0.3) is 0 Å². The molecule has 344 valence electrons. The Bertz CT molecular complexity index is 1740. The number of fused-ring (bicyclic) bond motifs is 7. The number of rotatable bonds is 14. The van der Waals surface area contributed by atoms with Crippen LogP contribution in [-0.4, -0.2) is 111 Å². The number of ether oxygens (including phenoxy) is 3. The summed E-state index contributed by atoms with van der Waals surface area (Å²) in [5.74, 6) is -1.27. The van der Waals surface area contributed by atoms with Gasteiger partial charge in [-0.1, -0.05) is 96.7 Å². The molecule has 0 amide bonds. The van der Waals surface area contributed by atoms with Gasteiger partial charge in [-0.3, -0.25) is 4.79 Å². The van der Waals surface area contributed by atoms with Crippen molar-refractivity contribution in [3.8, 4) is 0 Å². The van der Waals surface area contributed by atoms with Gasteiger partial charge in [-0.05, 0) is 115 Å². The molecule has 6 aliphatic rings. The molecule has 5 fully saturated rings. The largest absolute Gasteiger partial charge is 0.481 e. The number of aliphatic hydroxyl groups is 6. The maximum atomic E-state index is 13.7. The predicted octanol–water partition coefficient (Wildman–Crippen LogP) is 5.33. The van der Waals surface area contributed by atoms with Gasteiger partial charge in [0.2, 0.25) is 0 Å². The van der Waals surface area contributed by atoms with Gasteiger partial charge in [-0.15, -0.1) is 0 Å². The molecule has 0 radical (unpaired) electrons. The lowest BCUT2D eigenvalue weighted by molar-refractivity contribution is -0.333. The lowest BCUT2D eigenvalue weighted by Crippen LogP contribution is -2.71. The molecule has 61 heavy (non-hydrogen) atoms. The van der Waals surface area contributed by atoms with Gasteiger partial charge in [0.1, 0.15) is 23.7 Å². The third kappa shape index (κ3) is 7.48. The normalized spacial score (nSPS) is 47.0. The van der Waals surface area contributed by atoms with Gasteiger partial charge < -0.3 is 55.3 Å². The minimum Gasteiger partial charge on any atom is -0.481 e. The zero-order chi connectivity index (χ0) is 44.3. The Balaban J connectivity index is 1.31. The second-order valence-electron chi connectivity index (χ2n) is 21.7. The molecule has 1 aliphatic heterocycles. The summed E-state index contributed by atoms with van der Waals surface area (Å²) >= 11 is 0. The number of unbranched alkanes of at least 4 members (excludes halogenated alkanes) is 2. The first-order chi connectivity index (χ1) is 28.8. The molecular formula is C49H77NO11. The van der Waals surface area contributed by atoms with Crippen LogP contribution in [0.4, 0.5) is 0 Å². The molecule has 17 atom stereocenters. The Hall–Kier alpha value is -1.97. The molecule has 0 bridgehead atoms. The van der Waals surface area contributed by atoms with Crippen molar-refractivity contribution in [3.63, 3.8) is 0 Å². The number of carboxylic acids is 1. The van der Waals surface area contributed by atoms with Gasteiger partial charge >= 0.3 is 5.97 Å². The topological polar surface area (TPSA) is 198 Å². The zero-order valence-corrected chi connectivity index (χ0v) is 37.8. The number of hydrogen-bond donors (Lipinski definition) is 8. The Kier molecular flexibility index (Phi) is 13.4. The Labute approximate surface area is 363 Å². The van der Waals surface area contributed by atoms with Crippen molar-refractivity contribution in [3.05, 3.63) is 47.0 Å².